The van der Waals surface area contributed by atoms with Crippen molar-refractivity contribution in [3.8, 4) is 0 Å². The highest BCUT2D eigenvalue weighted by Crippen LogP contribution is 2.26. The van der Waals surface area contributed by atoms with Gasteiger partial charge in [0.05, 0.1) is 6.10 Å². The van der Waals surface area contributed by atoms with Gasteiger partial charge in [-0.1, -0.05) is 136 Å². The maximum absolute atomic E-state index is 15.6. The van der Waals surface area contributed by atoms with Gasteiger partial charge >= 0.3 is 0 Å². The van der Waals surface area contributed by atoms with E-state index in [0.717, 1.165) is 11.3 Å². The molecule has 0 bridgehead atoms. The Hall–Kier alpha value is -7.96. The van der Waals surface area contributed by atoms with E-state index in [1.54, 1.807) is 81.4 Å². The van der Waals surface area contributed by atoms with Gasteiger partial charge in [-0.2, -0.15) is 0 Å². The number of nitrogens with one attached hydrogen (secondary N) is 4. The zero-order chi connectivity index (χ0) is 73.2. The Morgan fingerprint density at radius 2 is 0.856 bits per heavy atom. The van der Waals surface area contributed by atoms with Gasteiger partial charge in [0.25, 0.3) is 11.8 Å². The van der Waals surface area contributed by atoms with Crippen LogP contribution >= 0.6 is 0 Å². The lowest BCUT2D eigenvalue weighted by atomic mass is 9.93. The standard InChI is InChI=1S/C72H114N12O13/c1-21-46(10)60-72(97)79(16)52(37-42(2)3)62(87)75-58(49(13)85)63(88)76-59(71(96)84-35-29-24-30-36-84)64(89)74-57(45(8)9)70(95)77(14)48(12)66(91)81(18)55(39-44(6)7)67(92)78(15)53(40-50-31-25-22-26-32-50)61(86)73-47(11)65(90)80(17)54(38-43(4)5)68(93)82(19)56(69(94)83(60)20)41-51-33-27-23-28-34-51/h22-23,25-28,31-34,42-49,52-60,85H,21,24,29-30,35-41H2,1-20H3,(H,73,86)(H,74,89)(H,75,87)(H,76,88)/t46-,47-,48-,49+,52-,53-,54-,55-,56-,57+,58-,59-,60-/m0/s1. The molecule has 13 atom stereocenters. The highest BCUT2D eigenvalue weighted by Gasteiger charge is 2.46. The average Bonchev–Trinajstić information content (AvgIpc) is 0.811. The molecule has 2 heterocycles. The molecule has 25 heteroatoms. The third-order valence-corrected chi connectivity index (χ3v) is 19.1. The van der Waals surface area contributed by atoms with Crippen LogP contribution in [0.1, 0.15) is 146 Å². The van der Waals surface area contributed by atoms with Crippen molar-refractivity contribution in [3.63, 3.8) is 0 Å². The molecule has 25 nitrogen and oxygen atoms in total. The Balaban J connectivity index is 2.00. The first-order valence-corrected chi connectivity index (χ1v) is 34.5. The van der Waals surface area contributed by atoms with Crippen molar-refractivity contribution >= 4 is 70.9 Å². The first-order chi connectivity index (χ1) is 45.4. The van der Waals surface area contributed by atoms with Crippen molar-refractivity contribution < 1.29 is 62.6 Å². The molecule has 0 radical (unpaired) electrons. The van der Waals surface area contributed by atoms with E-state index >= 15 is 19.2 Å². The molecule has 97 heavy (non-hydrogen) atoms. The van der Waals surface area contributed by atoms with Crippen LogP contribution in [0.5, 0.6) is 0 Å². The smallest absolute Gasteiger partial charge is 0.254 e. The van der Waals surface area contributed by atoms with Crippen LogP contribution in [-0.4, -0.2) is 250 Å². The van der Waals surface area contributed by atoms with Crippen LogP contribution in [0.4, 0.5) is 0 Å². The summed E-state index contributed by atoms with van der Waals surface area (Å²) in [7, 11) is 9.99. The van der Waals surface area contributed by atoms with Crippen LogP contribution < -0.4 is 21.3 Å². The molecular formula is C72H114N12O13. The van der Waals surface area contributed by atoms with Gasteiger partial charge in [-0.15, -0.1) is 0 Å². The Labute approximate surface area is 575 Å². The minimum atomic E-state index is -2.01. The Morgan fingerprint density at radius 1 is 0.443 bits per heavy atom. The predicted octanol–water partition coefficient (Wildman–Crippen LogP) is 3.49. The fourth-order valence-corrected chi connectivity index (χ4v) is 12.7. The molecule has 12 amide bonds. The quantitative estimate of drug-likeness (QED) is 0.160. The second-order valence-electron chi connectivity index (χ2n) is 28.5. The zero-order valence-corrected chi connectivity index (χ0v) is 61.3. The van der Waals surface area contributed by atoms with Crippen LogP contribution in [-0.2, 0) is 70.4 Å². The third kappa shape index (κ3) is 21.5. The van der Waals surface area contributed by atoms with E-state index in [1.807, 2.05) is 48.5 Å². The second kappa shape index (κ2) is 37.1. The number of aliphatic hydroxyl groups excluding tert-OH is 1. The van der Waals surface area contributed by atoms with Gasteiger partial charge < -0.3 is 65.6 Å². The molecule has 2 aromatic carbocycles. The van der Waals surface area contributed by atoms with E-state index in [9.17, 15) is 43.5 Å². The van der Waals surface area contributed by atoms with E-state index in [1.165, 1.54) is 104 Å². The molecule has 0 aliphatic carbocycles. The van der Waals surface area contributed by atoms with Crippen LogP contribution in [0.2, 0.25) is 0 Å². The lowest BCUT2D eigenvalue weighted by molar-refractivity contribution is -0.156. The Morgan fingerprint density at radius 3 is 1.32 bits per heavy atom. The predicted molar refractivity (Wildman–Crippen MR) is 370 cm³/mol. The normalized spacial score (nSPS) is 26.4. The number of aliphatic hydroxyl groups is 1. The van der Waals surface area contributed by atoms with Crippen LogP contribution in [0.15, 0.2) is 60.7 Å². The van der Waals surface area contributed by atoms with E-state index in [4.69, 9.17) is 0 Å². The molecule has 2 saturated heterocycles. The lowest BCUT2D eigenvalue weighted by Gasteiger charge is -2.41. The lowest BCUT2D eigenvalue weighted by Crippen LogP contribution is -2.65. The van der Waals surface area contributed by atoms with Crippen molar-refractivity contribution in [2.75, 3.05) is 62.4 Å². The number of amides is 12. The van der Waals surface area contributed by atoms with Gasteiger partial charge in [0.2, 0.25) is 59.1 Å². The van der Waals surface area contributed by atoms with E-state index in [0.29, 0.717) is 30.4 Å². The molecule has 4 rings (SSSR count). The van der Waals surface area contributed by atoms with Crippen molar-refractivity contribution in [3.05, 3.63) is 71.8 Å². The molecule has 2 aliphatic rings. The Kier molecular flexibility index (Phi) is 31.2. The summed E-state index contributed by atoms with van der Waals surface area (Å²) >= 11 is 0. The van der Waals surface area contributed by atoms with Gasteiger partial charge in [-0.3, -0.25) is 57.5 Å². The number of benzene rings is 2. The molecule has 0 saturated carbocycles. The third-order valence-electron chi connectivity index (χ3n) is 19.1. The maximum Gasteiger partial charge on any atom is 0.254 e. The molecule has 2 fully saturated rings. The molecule has 2 aromatic rings. The number of nitrogens with zero attached hydrogens (tertiary/aromatic N) is 8. The summed E-state index contributed by atoms with van der Waals surface area (Å²) in [6.45, 7) is 22.6. The highest BCUT2D eigenvalue weighted by molar-refractivity contribution is 6.09. The SMILES string of the molecule is CC[C@H](C)[C@H]1C(=O)N(C)[C@@H](CC(C)C)C(=O)N[C@@H]([C@@H](C)O)C(=O)N[C@H](C(=O)N2CCCCC2)C(=O)N[C@H](C(C)C)C(=O)N(C)[C@@H](C)C(=O)N(C)[C@@H](CC(C)C)C(=O)N(C)[C@@H](Cc2ccccc2)C(=O)N[C@@H](C)C(=O)N(C)[C@@H](CC(C)C)C(=O)N(C)[C@@H](Cc2ccccc2)C(=O)N1C. The van der Waals surface area contributed by atoms with Crippen molar-refractivity contribution in [2.24, 2.45) is 29.6 Å². The summed E-state index contributed by atoms with van der Waals surface area (Å²) in [6, 6.07) is 2.50. The fraction of sp³-hybridized carbons (Fsp3) is 0.667. The first kappa shape index (κ1) is 81.5. The monoisotopic (exact) mass is 1350 g/mol. The Bertz CT molecular complexity index is 3030. The second-order valence-corrected chi connectivity index (χ2v) is 28.5. The summed E-state index contributed by atoms with van der Waals surface area (Å²) in [6.07, 6.45) is 0.884. The summed E-state index contributed by atoms with van der Waals surface area (Å²) in [5.74, 6) is -11.2. The van der Waals surface area contributed by atoms with Gasteiger partial charge in [-0.25, -0.2) is 0 Å². The zero-order valence-electron chi connectivity index (χ0n) is 61.3. The van der Waals surface area contributed by atoms with Crippen molar-refractivity contribution in [1.82, 2.24) is 60.5 Å². The summed E-state index contributed by atoms with van der Waals surface area (Å²) < 4.78 is 0. The number of piperidine rings is 1. The molecule has 5 N–H and O–H groups in total. The van der Waals surface area contributed by atoms with Gasteiger partial charge in [0.1, 0.15) is 60.4 Å². The van der Waals surface area contributed by atoms with E-state index < -0.39 is 155 Å². The highest BCUT2D eigenvalue weighted by atomic mass is 16.3. The van der Waals surface area contributed by atoms with Crippen molar-refractivity contribution in [2.45, 2.75) is 220 Å². The van der Waals surface area contributed by atoms with Gasteiger partial charge in [0.15, 0.2) is 6.04 Å². The van der Waals surface area contributed by atoms with E-state index in [-0.39, 0.29) is 62.9 Å². The van der Waals surface area contributed by atoms with Crippen LogP contribution in [0, 0.1) is 29.6 Å². The summed E-state index contributed by atoms with van der Waals surface area (Å²) in [4.78, 5) is 190. The largest absolute Gasteiger partial charge is 0.391 e. The van der Waals surface area contributed by atoms with Gasteiger partial charge in [-0.05, 0) is 100 Å². The average molecular weight is 1360 g/mol. The van der Waals surface area contributed by atoms with Crippen LogP contribution in [0.3, 0.4) is 0 Å². The minimum Gasteiger partial charge on any atom is -0.391 e. The van der Waals surface area contributed by atoms with E-state index in [2.05, 4.69) is 21.3 Å². The minimum absolute atomic E-state index is 0.0206. The number of hydrogen-bond donors (Lipinski definition) is 5. The van der Waals surface area contributed by atoms with Crippen molar-refractivity contribution in [1.29, 1.82) is 0 Å². The molecule has 2 aliphatic heterocycles. The van der Waals surface area contributed by atoms with Gasteiger partial charge in [0, 0.05) is 75.3 Å². The molecular weight excluding hydrogens is 1240 g/mol. The fourth-order valence-electron chi connectivity index (χ4n) is 12.7. The number of likely N-dealkylation sites (tertiary alicyclic amines) is 1. The number of carbonyl (C=O) groups excluding carboxylic acids is 12. The molecule has 540 valence electrons. The number of likely N-dealkylation sites (N-methyl/N-ethyl adjacent to an activating group) is 7. The molecule has 0 unspecified atom stereocenters. The molecule has 0 aromatic heterocycles. The summed E-state index contributed by atoms with van der Waals surface area (Å²) in [5.41, 5.74) is 1.34. The van der Waals surface area contributed by atoms with Crippen LogP contribution in [0.25, 0.3) is 0 Å². The summed E-state index contributed by atoms with van der Waals surface area (Å²) in [5, 5.41) is 22.0. The first-order valence-electron chi connectivity index (χ1n) is 34.5. The maximum atomic E-state index is 15.6. The number of carbonyl (C=O) groups is 12. The topological polar surface area (TPSA) is 299 Å². The number of rotatable bonds is 15. The molecule has 0 spiro atoms. The number of hydrogen-bond acceptors (Lipinski definition) is 13.